The zero-order chi connectivity index (χ0) is 13.5. The molecule has 0 aliphatic rings. The third-order valence-electron chi connectivity index (χ3n) is 3.63. The van der Waals surface area contributed by atoms with Crippen molar-refractivity contribution in [1.29, 1.82) is 0 Å². The van der Waals surface area contributed by atoms with Crippen LogP contribution >= 0.6 is 0 Å². The summed E-state index contributed by atoms with van der Waals surface area (Å²) in [6, 6.07) is 0.113. The van der Waals surface area contributed by atoms with Gasteiger partial charge in [0.1, 0.15) is 0 Å². The van der Waals surface area contributed by atoms with Crippen LogP contribution in [-0.4, -0.2) is 42.5 Å². The molecule has 0 bridgehead atoms. The molecule has 0 aliphatic heterocycles. The standard InChI is InChI=1S/C13H29N3O/c1-6-8-15-12(17)9-11(10-14)16(5)13(3,4)7-2/h11H,6-10,14H2,1-5H3,(H,15,17). The Balaban J connectivity index is 4.37. The Labute approximate surface area is 106 Å². The molecule has 0 heterocycles. The van der Waals surface area contributed by atoms with E-state index < -0.39 is 0 Å². The number of nitrogens with zero attached hydrogens (tertiary/aromatic N) is 1. The van der Waals surface area contributed by atoms with Gasteiger partial charge in [-0.15, -0.1) is 0 Å². The molecule has 4 heteroatoms. The van der Waals surface area contributed by atoms with Gasteiger partial charge in [-0.2, -0.15) is 0 Å². The highest BCUT2D eigenvalue weighted by molar-refractivity contribution is 5.76. The zero-order valence-electron chi connectivity index (χ0n) is 12.0. The highest BCUT2D eigenvalue weighted by atomic mass is 16.1. The maximum Gasteiger partial charge on any atom is 0.221 e. The summed E-state index contributed by atoms with van der Waals surface area (Å²) in [6.45, 7) is 9.82. The van der Waals surface area contributed by atoms with Gasteiger partial charge in [0.05, 0.1) is 0 Å². The smallest absolute Gasteiger partial charge is 0.221 e. The first-order valence-corrected chi connectivity index (χ1v) is 6.58. The van der Waals surface area contributed by atoms with Gasteiger partial charge in [0, 0.05) is 31.1 Å². The summed E-state index contributed by atoms with van der Waals surface area (Å²) in [5.41, 5.74) is 5.86. The molecular weight excluding hydrogens is 214 g/mol. The van der Waals surface area contributed by atoms with Crippen LogP contribution in [-0.2, 0) is 4.79 Å². The maximum atomic E-state index is 11.7. The molecule has 0 aromatic heterocycles. The number of carbonyl (C=O) groups excluding carboxylic acids is 1. The summed E-state index contributed by atoms with van der Waals surface area (Å²) in [4.78, 5) is 13.9. The molecule has 3 N–H and O–H groups in total. The molecule has 1 amide bonds. The van der Waals surface area contributed by atoms with Gasteiger partial charge < -0.3 is 11.1 Å². The van der Waals surface area contributed by atoms with Crippen molar-refractivity contribution in [2.45, 2.75) is 58.5 Å². The van der Waals surface area contributed by atoms with Crippen molar-refractivity contribution in [2.24, 2.45) is 5.73 Å². The van der Waals surface area contributed by atoms with Crippen LogP contribution in [0, 0.1) is 0 Å². The largest absolute Gasteiger partial charge is 0.356 e. The van der Waals surface area contributed by atoms with Crippen molar-refractivity contribution in [3.63, 3.8) is 0 Å². The number of hydrogen-bond acceptors (Lipinski definition) is 3. The lowest BCUT2D eigenvalue weighted by atomic mass is 9.96. The summed E-state index contributed by atoms with van der Waals surface area (Å²) in [7, 11) is 2.05. The van der Waals surface area contributed by atoms with E-state index in [1.54, 1.807) is 0 Å². The second-order valence-electron chi connectivity index (χ2n) is 5.22. The molecule has 0 saturated carbocycles. The van der Waals surface area contributed by atoms with Crippen molar-refractivity contribution in [1.82, 2.24) is 10.2 Å². The molecule has 4 nitrogen and oxygen atoms in total. The Hall–Kier alpha value is -0.610. The van der Waals surface area contributed by atoms with Crippen LogP contribution in [0.15, 0.2) is 0 Å². The fourth-order valence-electron chi connectivity index (χ4n) is 1.67. The van der Waals surface area contributed by atoms with E-state index in [1.807, 2.05) is 14.0 Å². The van der Waals surface area contributed by atoms with Crippen LogP contribution in [0.25, 0.3) is 0 Å². The molecular formula is C13H29N3O. The van der Waals surface area contributed by atoms with Crippen molar-refractivity contribution >= 4 is 5.91 Å². The van der Waals surface area contributed by atoms with Crippen molar-refractivity contribution < 1.29 is 4.79 Å². The van der Waals surface area contributed by atoms with Crippen LogP contribution in [0.4, 0.5) is 0 Å². The Morgan fingerprint density at radius 3 is 2.41 bits per heavy atom. The number of nitrogens with one attached hydrogen (secondary N) is 1. The predicted molar refractivity (Wildman–Crippen MR) is 72.9 cm³/mol. The first-order chi connectivity index (χ1) is 7.88. The lowest BCUT2D eigenvalue weighted by Crippen LogP contribution is -2.51. The topological polar surface area (TPSA) is 58.4 Å². The molecule has 0 aliphatic carbocycles. The number of rotatable bonds is 8. The normalized spacial score (nSPS) is 13.8. The monoisotopic (exact) mass is 243 g/mol. The Bertz CT molecular complexity index is 229. The fraction of sp³-hybridized carbons (Fsp3) is 0.923. The number of nitrogens with two attached hydrogens (primary N) is 1. The first kappa shape index (κ1) is 16.4. The second kappa shape index (κ2) is 7.67. The average molecular weight is 243 g/mol. The minimum atomic E-state index is 0.0784. The van der Waals surface area contributed by atoms with Gasteiger partial charge >= 0.3 is 0 Å². The molecule has 102 valence electrons. The summed E-state index contributed by atoms with van der Waals surface area (Å²) in [5, 5.41) is 2.90. The van der Waals surface area contributed by atoms with Gasteiger partial charge in [0.2, 0.25) is 5.91 Å². The minimum Gasteiger partial charge on any atom is -0.356 e. The Kier molecular flexibility index (Phi) is 7.39. The highest BCUT2D eigenvalue weighted by Crippen LogP contribution is 2.20. The van der Waals surface area contributed by atoms with Crippen LogP contribution in [0.5, 0.6) is 0 Å². The van der Waals surface area contributed by atoms with Gasteiger partial charge in [0.15, 0.2) is 0 Å². The van der Waals surface area contributed by atoms with Gasteiger partial charge in [-0.3, -0.25) is 9.69 Å². The number of hydrogen-bond donors (Lipinski definition) is 2. The quantitative estimate of drug-likeness (QED) is 0.676. The van der Waals surface area contributed by atoms with Crippen molar-refractivity contribution in [3.8, 4) is 0 Å². The molecule has 1 atom stereocenters. The fourth-order valence-corrected chi connectivity index (χ4v) is 1.67. The summed E-state index contributed by atoms with van der Waals surface area (Å²) in [5.74, 6) is 0.0982. The molecule has 0 aromatic rings. The SMILES string of the molecule is CCCNC(=O)CC(CN)N(C)C(C)(C)CC. The van der Waals surface area contributed by atoms with Crippen molar-refractivity contribution in [3.05, 3.63) is 0 Å². The number of carbonyl (C=O) groups is 1. The minimum absolute atomic E-state index is 0.0784. The lowest BCUT2D eigenvalue weighted by Gasteiger charge is -2.40. The molecule has 17 heavy (non-hydrogen) atoms. The van der Waals surface area contributed by atoms with Gasteiger partial charge in [0.25, 0.3) is 0 Å². The summed E-state index contributed by atoms with van der Waals surface area (Å²) >= 11 is 0. The molecule has 0 saturated heterocycles. The summed E-state index contributed by atoms with van der Waals surface area (Å²) < 4.78 is 0. The first-order valence-electron chi connectivity index (χ1n) is 6.58. The third kappa shape index (κ3) is 5.50. The molecule has 1 unspecified atom stereocenters. The van der Waals surface area contributed by atoms with E-state index in [1.165, 1.54) is 0 Å². The molecule has 0 spiro atoms. The van der Waals surface area contributed by atoms with Gasteiger partial charge in [-0.25, -0.2) is 0 Å². The lowest BCUT2D eigenvalue weighted by molar-refractivity contribution is -0.122. The second-order valence-corrected chi connectivity index (χ2v) is 5.22. The van der Waals surface area contributed by atoms with Crippen LogP contribution in [0.2, 0.25) is 0 Å². The van der Waals surface area contributed by atoms with E-state index >= 15 is 0 Å². The highest BCUT2D eigenvalue weighted by Gasteiger charge is 2.28. The van der Waals surface area contributed by atoms with Crippen LogP contribution in [0.1, 0.15) is 47.0 Å². The average Bonchev–Trinajstić information content (AvgIpc) is 2.32. The predicted octanol–water partition coefficient (Wildman–Crippen LogP) is 1.35. The number of amides is 1. The molecule has 0 aromatic carbocycles. The molecule has 0 radical (unpaired) electrons. The van der Waals surface area contributed by atoms with E-state index in [0.717, 1.165) is 19.4 Å². The van der Waals surface area contributed by atoms with E-state index in [9.17, 15) is 4.79 Å². The zero-order valence-corrected chi connectivity index (χ0v) is 12.0. The van der Waals surface area contributed by atoms with E-state index in [-0.39, 0.29) is 17.5 Å². The van der Waals surface area contributed by atoms with Crippen LogP contribution < -0.4 is 11.1 Å². The third-order valence-corrected chi connectivity index (χ3v) is 3.63. The van der Waals surface area contributed by atoms with Gasteiger partial charge in [-0.05, 0) is 33.7 Å². The molecule has 0 rings (SSSR count). The maximum absolute atomic E-state index is 11.7. The van der Waals surface area contributed by atoms with Crippen molar-refractivity contribution in [2.75, 3.05) is 20.1 Å². The Morgan fingerprint density at radius 1 is 1.41 bits per heavy atom. The van der Waals surface area contributed by atoms with E-state index in [0.29, 0.717) is 13.0 Å². The molecule has 0 fully saturated rings. The van der Waals surface area contributed by atoms with E-state index in [4.69, 9.17) is 5.73 Å². The summed E-state index contributed by atoms with van der Waals surface area (Å²) in [6.07, 6.45) is 2.49. The number of likely N-dealkylation sites (N-methyl/N-ethyl adjacent to an activating group) is 1. The van der Waals surface area contributed by atoms with Gasteiger partial charge in [-0.1, -0.05) is 13.8 Å². The Morgan fingerprint density at radius 2 is 2.00 bits per heavy atom. The van der Waals surface area contributed by atoms with Crippen LogP contribution in [0.3, 0.4) is 0 Å². The van der Waals surface area contributed by atoms with E-state index in [2.05, 4.69) is 31.0 Å².